The molecule has 1 aromatic rings. The summed E-state index contributed by atoms with van der Waals surface area (Å²) >= 11 is 0. The molecular formula is C15H20N2O3S. The van der Waals surface area contributed by atoms with E-state index in [1.807, 2.05) is 24.3 Å². The van der Waals surface area contributed by atoms with Gasteiger partial charge in [0.1, 0.15) is 5.75 Å². The van der Waals surface area contributed by atoms with Crippen molar-refractivity contribution in [1.29, 1.82) is 0 Å². The first-order valence-corrected chi connectivity index (χ1v) is 8.60. The molecule has 1 N–H and O–H groups in total. The second kappa shape index (κ2) is 7.36. The van der Waals surface area contributed by atoms with E-state index in [0.717, 1.165) is 24.2 Å². The van der Waals surface area contributed by atoms with E-state index in [2.05, 4.69) is 5.32 Å². The van der Waals surface area contributed by atoms with Crippen LogP contribution in [0.4, 0.5) is 5.69 Å². The van der Waals surface area contributed by atoms with Gasteiger partial charge in [-0.3, -0.25) is 13.8 Å². The summed E-state index contributed by atoms with van der Waals surface area (Å²) in [6, 6.07) is 7.60. The predicted octanol–water partition coefficient (Wildman–Crippen LogP) is 1.20. The van der Waals surface area contributed by atoms with Crippen LogP contribution in [0.1, 0.15) is 25.3 Å². The Labute approximate surface area is 127 Å². The van der Waals surface area contributed by atoms with E-state index < -0.39 is 10.8 Å². The number of nitrogens with zero attached hydrogens (tertiary/aromatic N) is 1. The molecule has 21 heavy (non-hydrogen) atoms. The minimum Gasteiger partial charge on any atom is -0.351 e. The lowest BCUT2D eigenvalue weighted by Crippen LogP contribution is -2.28. The average molecular weight is 308 g/mol. The lowest BCUT2D eigenvalue weighted by molar-refractivity contribution is -0.119. The van der Waals surface area contributed by atoms with Crippen LogP contribution in [0.25, 0.3) is 0 Å². The molecule has 1 heterocycles. The van der Waals surface area contributed by atoms with Crippen LogP contribution in [0.2, 0.25) is 0 Å². The van der Waals surface area contributed by atoms with Gasteiger partial charge in [-0.15, -0.1) is 0 Å². The van der Waals surface area contributed by atoms with Crippen molar-refractivity contribution in [1.82, 2.24) is 5.32 Å². The second-order valence-electron chi connectivity index (χ2n) is 4.96. The first kappa shape index (κ1) is 15.7. The maximum atomic E-state index is 11.6. The molecule has 1 atom stereocenters. The number of hydrogen-bond acceptors (Lipinski definition) is 3. The van der Waals surface area contributed by atoms with E-state index in [0.29, 0.717) is 18.7 Å². The van der Waals surface area contributed by atoms with Crippen molar-refractivity contribution in [2.75, 3.05) is 23.0 Å². The Hall–Kier alpha value is -1.69. The second-order valence-corrected chi connectivity index (χ2v) is 6.71. The van der Waals surface area contributed by atoms with Crippen LogP contribution in [0, 0.1) is 0 Å². The summed E-state index contributed by atoms with van der Waals surface area (Å²) in [7, 11) is -1.08. The molecule has 0 radical (unpaired) electrons. The van der Waals surface area contributed by atoms with Crippen LogP contribution in [0.5, 0.6) is 0 Å². The predicted molar refractivity (Wildman–Crippen MR) is 83.4 cm³/mol. The average Bonchev–Trinajstić information content (AvgIpc) is 2.91. The van der Waals surface area contributed by atoms with Crippen LogP contribution in [0.15, 0.2) is 24.3 Å². The highest BCUT2D eigenvalue weighted by atomic mass is 32.2. The summed E-state index contributed by atoms with van der Waals surface area (Å²) in [5, 5.41) is 2.75. The number of rotatable bonds is 6. The SMILES string of the molecule is CC[S@](=O)CC(=O)NCc1ccc(N2CCCC2=O)cc1. The smallest absolute Gasteiger partial charge is 0.232 e. The van der Waals surface area contributed by atoms with Crippen molar-refractivity contribution >= 4 is 28.3 Å². The quantitative estimate of drug-likeness (QED) is 0.858. The van der Waals surface area contributed by atoms with E-state index in [1.165, 1.54) is 0 Å². The van der Waals surface area contributed by atoms with Crippen LogP contribution in [-0.4, -0.2) is 34.1 Å². The molecule has 0 aromatic heterocycles. The summed E-state index contributed by atoms with van der Waals surface area (Å²) in [6.45, 7) is 2.98. The first-order chi connectivity index (χ1) is 10.1. The first-order valence-electron chi connectivity index (χ1n) is 7.11. The fourth-order valence-electron chi connectivity index (χ4n) is 2.21. The van der Waals surface area contributed by atoms with Gasteiger partial charge in [0, 0.05) is 41.8 Å². The summed E-state index contributed by atoms with van der Waals surface area (Å²) in [4.78, 5) is 25.0. The lowest BCUT2D eigenvalue weighted by atomic mass is 10.2. The molecule has 114 valence electrons. The van der Waals surface area contributed by atoms with Gasteiger partial charge in [-0.05, 0) is 24.1 Å². The van der Waals surface area contributed by atoms with Crippen molar-refractivity contribution in [3.05, 3.63) is 29.8 Å². The Morgan fingerprint density at radius 2 is 2.05 bits per heavy atom. The molecule has 1 aliphatic rings. The van der Waals surface area contributed by atoms with Gasteiger partial charge in [0.05, 0.1) is 0 Å². The third kappa shape index (κ3) is 4.39. The Morgan fingerprint density at radius 1 is 1.33 bits per heavy atom. The Bertz CT molecular complexity index is 542. The number of anilines is 1. The minimum atomic E-state index is -1.08. The molecule has 0 saturated carbocycles. The molecule has 2 amide bonds. The van der Waals surface area contributed by atoms with Gasteiger partial charge < -0.3 is 10.2 Å². The van der Waals surface area contributed by atoms with E-state index in [-0.39, 0.29) is 17.6 Å². The summed E-state index contributed by atoms with van der Waals surface area (Å²) in [6.07, 6.45) is 1.53. The third-order valence-electron chi connectivity index (χ3n) is 3.43. The molecule has 0 bridgehead atoms. The maximum Gasteiger partial charge on any atom is 0.232 e. The zero-order chi connectivity index (χ0) is 15.2. The third-order valence-corrected chi connectivity index (χ3v) is 4.65. The zero-order valence-corrected chi connectivity index (χ0v) is 12.9. The number of hydrogen-bond donors (Lipinski definition) is 1. The van der Waals surface area contributed by atoms with Gasteiger partial charge in [-0.2, -0.15) is 0 Å². The van der Waals surface area contributed by atoms with Crippen molar-refractivity contribution in [2.24, 2.45) is 0 Å². The van der Waals surface area contributed by atoms with Crippen molar-refractivity contribution in [3.63, 3.8) is 0 Å². The molecule has 0 aliphatic carbocycles. The highest BCUT2D eigenvalue weighted by molar-refractivity contribution is 7.85. The molecule has 0 unspecified atom stereocenters. The fraction of sp³-hybridized carbons (Fsp3) is 0.467. The van der Waals surface area contributed by atoms with Crippen molar-refractivity contribution in [2.45, 2.75) is 26.3 Å². The number of nitrogens with one attached hydrogen (secondary N) is 1. The zero-order valence-electron chi connectivity index (χ0n) is 12.1. The van der Waals surface area contributed by atoms with Crippen LogP contribution in [0.3, 0.4) is 0 Å². The monoisotopic (exact) mass is 308 g/mol. The summed E-state index contributed by atoms with van der Waals surface area (Å²) in [5.74, 6) is 0.509. The summed E-state index contributed by atoms with van der Waals surface area (Å²) < 4.78 is 11.3. The fourth-order valence-corrected chi connectivity index (χ4v) is 2.81. The Morgan fingerprint density at radius 3 is 2.62 bits per heavy atom. The van der Waals surface area contributed by atoms with Crippen LogP contribution < -0.4 is 10.2 Å². The molecule has 1 fully saturated rings. The van der Waals surface area contributed by atoms with Gasteiger partial charge in [0.2, 0.25) is 11.8 Å². The molecule has 6 heteroatoms. The lowest BCUT2D eigenvalue weighted by Gasteiger charge is -2.16. The van der Waals surface area contributed by atoms with Gasteiger partial charge in [-0.25, -0.2) is 0 Å². The van der Waals surface area contributed by atoms with E-state index in [1.54, 1.807) is 11.8 Å². The number of benzene rings is 1. The van der Waals surface area contributed by atoms with Gasteiger partial charge in [0.25, 0.3) is 0 Å². The van der Waals surface area contributed by atoms with Gasteiger partial charge in [-0.1, -0.05) is 19.1 Å². The molecule has 5 nitrogen and oxygen atoms in total. The molecule has 1 aliphatic heterocycles. The van der Waals surface area contributed by atoms with E-state index in [4.69, 9.17) is 0 Å². The molecular weight excluding hydrogens is 288 g/mol. The van der Waals surface area contributed by atoms with Gasteiger partial charge in [0.15, 0.2) is 0 Å². The Kier molecular flexibility index (Phi) is 5.50. The molecule has 2 rings (SSSR count). The molecule has 1 aromatic carbocycles. The number of carbonyl (C=O) groups excluding carboxylic acids is 2. The number of amides is 2. The van der Waals surface area contributed by atoms with E-state index >= 15 is 0 Å². The minimum absolute atomic E-state index is 0.0524. The highest BCUT2D eigenvalue weighted by Gasteiger charge is 2.21. The summed E-state index contributed by atoms with van der Waals surface area (Å²) in [5.41, 5.74) is 1.86. The number of carbonyl (C=O) groups is 2. The normalized spacial score (nSPS) is 16.0. The van der Waals surface area contributed by atoms with Crippen molar-refractivity contribution < 1.29 is 13.8 Å². The van der Waals surface area contributed by atoms with Crippen molar-refractivity contribution in [3.8, 4) is 0 Å². The topological polar surface area (TPSA) is 66.5 Å². The molecule has 1 saturated heterocycles. The largest absolute Gasteiger partial charge is 0.351 e. The van der Waals surface area contributed by atoms with Crippen LogP contribution >= 0.6 is 0 Å². The van der Waals surface area contributed by atoms with Crippen LogP contribution in [-0.2, 0) is 26.9 Å². The van der Waals surface area contributed by atoms with Gasteiger partial charge >= 0.3 is 0 Å². The Balaban J connectivity index is 1.86. The van der Waals surface area contributed by atoms with E-state index in [9.17, 15) is 13.8 Å². The standard InChI is InChI=1S/C15H20N2O3S/c1-2-21(20)11-14(18)16-10-12-5-7-13(8-6-12)17-9-3-4-15(17)19/h5-8H,2-4,9-11H2,1H3,(H,16,18)/t21-/m0/s1. The highest BCUT2D eigenvalue weighted by Crippen LogP contribution is 2.21. The maximum absolute atomic E-state index is 11.6. The molecule has 0 spiro atoms.